The van der Waals surface area contributed by atoms with Crippen molar-refractivity contribution in [1.29, 1.82) is 0 Å². The second-order valence-electron chi connectivity index (χ2n) is 7.37. The first-order valence-corrected chi connectivity index (χ1v) is 12.5. The van der Waals surface area contributed by atoms with Crippen LogP contribution in [0.25, 0.3) is 0 Å². The Kier molecular flexibility index (Phi) is 8.00. The fraction of sp³-hybridized carbons (Fsp3) is 0.391. The summed E-state index contributed by atoms with van der Waals surface area (Å²) >= 11 is 0. The van der Waals surface area contributed by atoms with Crippen molar-refractivity contribution in [3.63, 3.8) is 0 Å². The number of carbonyl (C=O) groups is 2. The quantitative estimate of drug-likeness (QED) is 0.489. The molecule has 0 unspecified atom stereocenters. The first kappa shape index (κ1) is 25.3. The van der Waals surface area contributed by atoms with Gasteiger partial charge in [0.15, 0.2) is 11.5 Å². The Morgan fingerprint density at radius 2 is 1.59 bits per heavy atom. The van der Waals surface area contributed by atoms with Crippen molar-refractivity contribution in [2.75, 3.05) is 31.3 Å². The van der Waals surface area contributed by atoms with Gasteiger partial charge in [0.25, 0.3) is 15.9 Å². The molecule has 0 saturated heterocycles. The minimum absolute atomic E-state index is 0.0198. The third-order valence-electron chi connectivity index (χ3n) is 5.11. The summed E-state index contributed by atoms with van der Waals surface area (Å²) in [6, 6.07) is 7.42. The van der Waals surface area contributed by atoms with Gasteiger partial charge in [0.05, 0.1) is 24.7 Å². The number of hydrogen-bond donors (Lipinski definition) is 2. The van der Waals surface area contributed by atoms with Gasteiger partial charge in [0.1, 0.15) is 0 Å². The van der Waals surface area contributed by atoms with E-state index in [0.717, 1.165) is 5.56 Å². The van der Waals surface area contributed by atoms with Crippen LogP contribution in [0.1, 0.15) is 43.6 Å². The van der Waals surface area contributed by atoms with E-state index in [-0.39, 0.29) is 16.4 Å². The number of amides is 2. The van der Waals surface area contributed by atoms with Crippen molar-refractivity contribution in [3.8, 4) is 17.2 Å². The number of hydrazine groups is 1. The van der Waals surface area contributed by atoms with E-state index in [9.17, 15) is 18.0 Å². The molecule has 184 valence electrons. The van der Waals surface area contributed by atoms with Gasteiger partial charge in [-0.1, -0.05) is 0 Å². The number of ether oxygens (including phenoxy) is 3. The number of anilines is 1. The number of sulfonamides is 1. The fourth-order valence-electron chi connectivity index (χ4n) is 3.64. The van der Waals surface area contributed by atoms with Crippen molar-refractivity contribution < 1.29 is 32.2 Å². The minimum atomic E-state index is -4.05. The van der Waals surface area contributed by atoms with Crippen molar-refractivity contribution in [2.24, 2.45) is 0 Å². The van der Waals surface area contributed by atoms with E-state index in [1.165, 1.54) is 31.2 Å². The number of nitrogens with one attached hydrogen (secondary N) is 2. The summed E-state index contributed by atoms with van der Waals surface area (Å²) in [5.74, 6) is 0.209. The van der Waals surface area contributed by atoms with E-state index in [4.69, 9.17) is 14.2 Å². The molecule has 0 aliphatic carbocycles. The van der Waals surface area contributed by atoms with Crippen LogP contribution in [0.5, 0.6) is 17.2 Å². The van der Waals surface area contributed by atoms with Crippen LogP contribution in [0.4, 0.5) is 5.69 Å². The summed E-state index contributed by atoms with van der Waals surface area (Å²) in [7, 11) is -4.05. The fourth-order valence-corrected chi connectivity index (χ4v) is 4.53. The minimum Gasteiger partial charge on any atom is -0.490 e. The summed E-state index contributed by atoms with van der Waals surface area (Å²) in [5, 5.41) is 0. The molecule has 2 aromatic rings. The van der Waals surface area contributed by atoms with Gasteiger partial charge in [0, 0.05) is 24.7 Å². The highest BCUT2D eigenvalue weighted by atomic mass is 32.2. The molecular formula is C23H29N3O7S. The molecule has 1 heterocycles. The van der Waals surface area contributed by atoms with Gasteiger partial charge in [-0.15, -0.1) is 4.83 Å². The zero-order valence-electron chi connectivity index (χ0n) is 19.6. The maximum Gasteiger partial charge on any atom is 0.266 e. The predicted octanol–water partition coefficient (Wildman–Crippen LogP) is 2.42. The van der Waals surface area contributed by atoms with E-state index in [1.807, 2.05) is 6.92 Å². The standard InChI is InChI=1S/C23H29N3O7S/c1-5-31-20-13-17(14-21(32-6-2)22(20)33-7-3)23(28)24-25-34(29,30)18-8-9-19-16(12-18)10-11-26(19)15(4)27/h8-9,12-14,25H,5-7,10-11H2,1-4H3,(H,24,28). The van der Waals surface area contributed by atoms with E-state index in [1.54, 1.807) is 24.8 Å². The monoisotopic (exact) mass is 491 g/mol. The SMILES string of the molecule is CCOc1cc(C(=O)NNS(=O)(=O)c2ccc3c(c2)CCN3C(C)=O)cc(OCC)c1OCC. The second-order valence-corrected chi connectivity index (χ2v) is 9.05. The lowest BCUT2D eigenvalue weighted by Gasteiger charge is -2.17. The zero-order valence-corrected chi connectivity index (χ0v) is 20.5. The van der Waals surface area contributed by atoms with Gasteiger partial charge < -0.3 is 19.1 Å². The lowest BCUT2D eigenvalue weighted by atomic mass is 10.1. The Hall–Kier alpha value is -3.31. The molecule has 0 atom stereocenters. The highest BCUT2D eigenvalue weighted by molar-refractivity contribution is 7.89. The molecule has 2 amide bonds. The molecule has 3 rings (SSSR count). The molecule has 0 saturated carbocycles. The molecule has 1 aliphatic rings. The second kappa shape index (κ2) is 10.7. The lowest BCUT2D eigenvalue weighted by Crippen LogP contribution is -2.41. The van der Waals surface area contributed by atoms with Crippen LogP contribution in [-0.4, -0.2) is 46.6 Å². The number of carbonyl (C=O) groups excluding carboxylic acids is 2. The normalized spacial score (nSPS) is 12.8. The molecule has 2 N–H and O–H groups in total. The Bertz CT molecular complexity index is 1150. The average molecular weight is 492 g/mol. The Morgan fingerprint density at radius 3 is 2.15 bits per heavy atom. The molecule has 34 heavy (non-hydrogen) atoms. The Balaban J connectivity index is 1.80. The van der Waals surface area contributed by atoms with Crippen LogP contribution in [0.2, 0.25) is 0 Å². The number of benzene rings is 2. The van der Waals surface area contributed by atoms with Crippen molar-refractivity contribution in [2.45, 2.75) is 39.0 Å². The highest BCUT2D eigenvalue weighted by Gasteiger charge is 2.25. The Morgan fingerprint density at radius 1 is 0.971 bits per heavy atom. The maximum atomic E-state index is 12.8. The third kappa shape index (κ3) is 5.42. The maximum absolute atomic E-state index is 12.8. The molecule has 1 aliphatic heterocycles. The molecule has 0 fully saturated rings. The summed E-state index contributed by atoms with van der Waals surface area (Å²) < 4.78 is 42.4. The number of fused-ring (bicyclic) bond motifs is 1. The summed E-state index contributed by atoms with van der Waals surface area (Å²) in [5.41, 5.74) is 3.80. The first-order valence-electron chi connectivity index (χ1n) is 11.0. The van der Waals surface area contributed by atoms with Crippen LogP contribution in [0.3, 0.4) is 0 Å². The van der Waals surface area contributed by atoms with Crippen LogP contribution >= 0.6 is 0 Å². The third-order valence-corrected chi connectivity index (χ3v) is 6.35. The summed E-state index contributed by atoms with van der Waals surface area (Å²) in [6.07, 6.45) is 0.553. The van der Waals surface area contributed by atoms with E-state index >= 15 is 0 Å². The van der Waals surface area contributed by atoms with Crippen molar-refractivity contribution >= 4 is 27.5 Å². The first-order chi connectivity index (χ1) is 16.2. The van der Waals surface area contributed by atoms with Gasteiger partial charge in [-0.25, -0.2) is 8.42 Å². The van der Waals surface area contributed by atoms with Gasteiger partial charge in [0.2, 0.25) is 11.7 Å². The molecular weight excluding hydrogens is 462 g/mol. The van der Waals surface area contributed by atoms with Gasteiger partial charge >= 0.3 is 0 Å². The van der Waals surface area contributed by atoms with E-state index in [0.29, 0.717) is 55.7 Å². The molecule has 0 aromatic heterocycles. The molecule has 0 bridgehead atoms. The topological polar surface area (TPSA) is 123 Å². The average Bonchev–Trinajstić information content (AvgIpc) is 3.23. The van der Waals surface area contributed by atoms with Crippen LogP contribution in [0, 0.1) is 0 Å². The van der Waals surface area contributed by atoms with Crippen LogP contribution < -0.4 is 29.4 Å². The zero-order chi connectivity index (χ0) is 24.9. The van der Waals surface area contributed by atoms with E-state index < -0.39 is 15.9 Å². The summed E-state index contributed by atoms with van der Waals surface area (Å²) in [4.78, 5) is 28.2. The van der Waals surface area contributed by atoms with Gasteiger partial charge in [-0.3, -0.25) is 15.0 Å². The molecule has 10 nitrogen and oxygen atoms in total. The van der Waals surface area contributed by atoms with Crippen molar-refractivity contribution in [1.82, 2.24) is 10.3 Å². The number of rotatable bonds is 10. The van der Waals surface area contributed by atoms with Crippen molar-refractivity contribution in [3.05, 3.63) is 41.5 Å². The van der Waals surface area contributed by atoms with Crippen LogP contribution in [0.15, 0.2) is 35.2 Å². The molecule has 0 radical (unpaired) electrons. The highest BCUT2D eigenvalue weighted by Crippen LogP contribution is 2.39. The van der Waals surface area contributed by atoms with Gasteiger partial charge in [-0.2, -0.15) is 0 Å². The smallest absolute Gasteiger partial charge is 0.266 e. The Labute approximate surface area is 199 Å². The van der Waals surface area contributed by atoms with Crippen LogP contribution in [-0.2, 0) is 21.2 Å². The molecule has 2 aromatic carbocycles. The number of nitrogens with zero attached hydrogens (tertiary/aromatic N) is 1. The summed E-state index contributed by atoms with van der Waals surface area (Å²) in [6.45, 7) is 8.41. The van der Waals surface area contributed by atoms with E-state index in [2.05, 4.69) is 10.3 Å². The lowest BCUT2D eigenvalue weighted by molar-refractivity contribution is -0.116. The predicted molar refractivity (Wildman–Crippen MR) is 126 cm³/mol. The number of hydrogen-bond acceptors (Lipinski definition) is 7. The van der Waals surface area contributed by atoms with Gasteiger partial charge in [-0.05, 0) is 63.1 Å². The largest absolute Gasteiger partial charge is 0.490 e. The molecule has 0 spiro atoms. The molecule has 11 heteroatoms.